The molecule has 14 heteroatoms. The summed E-state index contributed by atoms with van der Waals surface area (Å²) in [4.78, 5) is 25.7. The average molecular weight is 594 g/mol. The topological polar surface area (TPSA) is 79.5 Å². The molecular formula is C26H23ClF7N3O3. The number of benzene rings is 2. The number of ether oxygens (including phenoxy) is 1. The molecule has 0 unspecified atom stereocenters. The molecule has 2 aliphatic carbocycles. The zero-order chi connectivity index (χ0) is 29.4. The maximum Gasteiger partial charge on any atom is 0.419 e. The zero-order valence-electron chi connectivity index (χ0n) is 20.7. The first-order chi connectivity index (χ1) is 18.7. The summed E-state index contributed by atoms with van der Waals surface area (Å²) in [5.41, 5.74) is -1.65. The predicted octanol–water partition coefficient (Wildman–Crippen LogP) is 7.17. The first-order valence-electron chi connectivity index (χ1n) is 12.0. The van der Waals surface area contributed by atoms with Crippen molar-refractivity contribution in [1.82, 2.24) is 5.32 Å². The number of hydrogen-bond donors (Lipinski definition) is 3. The lowest BCUT2D eigenvalue weighted by Crippen LogP contribution is -2.46. The number of fused-ring (bicyclic) bond motifs is 2. The Morgan fingerprint density at radius 3 is 2.38 bits per heavy atom. The van der Waals surface area contributed by atoms with Crippen LogP contribution in [0.15, 0.2) is 48.0 Å². The van der Waals surface area contributed by atoms with Crippen LogP contribution in [0.3, 0.4) is 0 Å². The SMILES string of the molecule is COc1ccc(Cl)cc1NC(=O)N[C@@H]1[C@@H](CC(=O)Nc2ccc(F)c(C(F)(F)F)c2)[C@H]2CC[C@@H]1/C2=C\C(F)(F)F. The van der Waals surface area contributed by atoms with E-state index in [-0.39, 0.29) is 33.8 Å². The van der Waals surface area contributed by atoms with Gasteiger partial charge in [0, 0.05) is 35.2 Å². The molecule has 4 rings (SSSR count). The number of amides is 3. The Morgan fingerprint density at radius 2 is 1.73 bits per heavy atom. The molecule has 2 bridgehead atoms. The zero-order valence-corrected chi connectivity index (χ0v) is 21.5. The largest absolute Gasteiger partial charge is 0.495 e. The molecule has 3 amide bonds. The van der Waals surface area contributed by atoms with Crippen molar-refractivity contribution < 1.29 is 45.1 Å². The third kappa shape index (κ3) is 6.62. The van der Waals surface area contributed by atoms with E-state index in [4.69, 9.17) is 16.3 Å². The number of halogens is 8. The second-order valence-corrected chi connectivity index (χ2v) is 9.99. The van der Waals surface area contributed by atoms with Gasteiger partial charge >= 0.3 is 18.4 Å². The molecule has 2 saturated carbocycles. The molecule has 2 fully saturated rings. The van der Waals surface area contributed by atoms with Crippen molar-refractivity contribution in [3.8, 4) is 5.75 Å². The van der Waals surface area contributed by atoms with Gasteiger partial charge in [-0.25, -0.2) is 9.18 Å². The summed E-state index contributed by atoms with van der Waals surface area (Å²) in [5, 5.41) is 7.76. The molecule has 6 nitrogen and oxygen atoms in total. The number of nitrogens with one attached hydrogen (secondary N) is 3. The normalized spacial score (nSPS) is 23.3. The van der Waals surface area contributed by atoms with Gasteiger partial charge in [0.05, 0.1) is 18.4 Å². The molecule has 4 atom stereocenters. The lowest BCUT2D eigenvalue weighted by Gasteiger charge is -2.31. The van der Waals surface area contributed by atoms with E-state index in [1.807, 2.05) is 0 Å². The summed E-state index contributed by atoms with van der Waals surface area (Å²) in [5.74, 6) is -4.23. The van der Waals surface area contributed by atoms with Crippen molar-refractivity contribution in [2.24, 2.45) is 17.8 Å². The van der Waals surface area contributed by atoms with Crippen LogP contribution in [0.5, 0.6) is 5.75 Å². The van der Waals surface area contributed by atoms with E-state index in [1.54, 1.807) is 0 Å². The highest BCUT2D eigenvalue weighted by Gasteiger charge is 2.53. The van der Waals surface area contributed by atoms with Gasteiger partial charge in [0.25, 0.3) is 0 Å². The van der Waals surface area contributed by atoms with Crippen molar-refractivity contribution in [3.63, 3.8) is 0 Å². The Hall–Kier alpha value is -3.48. The summed E-state index contributed by atoms with van der Waals surface area (Å²) in [6, 6.07) is 4.72. The van der Waals surface area contributed by atoms with Crippen molar-refractivity contribution in [1.29, 1.82) is 0 Å². The third-order valence-electron chi connectivity index (χ3n) is 7.07. The molecule has 0 saturated heterocycles. The van der Waals surface area contributed by atoms with Crippen molar-refractivity contribution in [2.75, 3.05) is 17.7 Å². The summed E-state index contributed by atoms with van der Waals surface area (Å²) >= 11 is 5.98. The molecule has 216 valence electrons. The minimum atomic E-state index is -5.00. The molecule has 2 aromatic rings. The van der Waals surface area contributed by atoms with Crippen LogP contribution in [0.25, 0.3) is 0 Å². The molecule has 2 aliphatic rings. The number of urea groups is 1. The fraction of sp³-hybridized carbons (Fsp3) is 0.385. The van der Waals surface area contributed by atoms with Crippen molar-refractivity contribution >= 4 is 34.9 Å². The Kier molecular flexibility index (Phi) is 8.25. The van der Waals surface area contributed by atoms with Gasteiger partial charge in [-0.05, 0) is 61.1 Å². The molecule has 2 aromatic carbocycles. The van der Waals surface area contributed by atoms with E-state index in [2.05, 4.69) is 16.0 Å². The van der Waals surface area contributed by atoms with Gasteiger partial charge in [-0.3, -0.25) is 4.79 Å². The maximum atomic E-state index is 13.6. The van der Waals surface area contributed by atoms with Crippen LogP contribution >= 0.6 is 11.6 Å². The van der Waals surface area contributed by atoms with Gasteiger partial charge in [-0.15, -0.1) is 0 Å². The Bertz CT molecular complexity index is 1330. The number of rotatable bonds is 6. The van der Waals surface area contributed by atoms with Crippen molar-refractivity contribution in [3.05, 3.63) is 64.5 Å². The van der Waals surface area contributed by atoms with Gasteiger partial charge in [0.1, 0.15) is 11.6 Å². The van der Waals surface area contributed by atoms with Crippen LogP contribution in [0.4, 0.5) is 46.9 Å². The summed E-state index contributed by atoms with van der Waals surface area (Å²) in [6.45, 7) is 0. The summed E-state index contributed by atoms with van der Waals surface area (Å²) in [6.07, 6.45) is -9.17. The van der Waals surface area contributed by atoms with Crippen LogP contribution in [-0.2, 0) is 11.0 Å². The van der Waals surface area contributed by atoms with Crippen LogP contribution in [0, 0.1) is 23.6 Å². The van der Waals surface area contributed by atoms with E-state index in [1.165, 1.54) is 25.3 Å². The molecular weight excluding hydrogens is 571 g/mol. The number of anilines is 2. The Balaban J connectivity index is 1.55. The van der Waals surface area contributed by atoms with E-state index in [0.29, 0.717) is 25.0 Å². The number of carbonyl (C=O) groups excluding carboxylic acids is 2. The first-order valence-corrected chi connectivity index (χ1v) is 12.4. The maximum absolute atomic E-state index is 13.6. The molecule has 0 spiro atoms. The van der Waals surface area contributed by atoms with E-state index in [9.17, 15) is 40.3 Å². The van der Waals surface area contributed by atoms with Gasteiger partial charge in [-0.1, -0.05) is 17.2 Å². The summed E-state index contributed by atoms with van der Waals surface area (Å²) in [7, 11) is 1.36. The highest BCUT2D eigenvalue weighted by molar-refractivity contribution is 6.31. The molecule has 0 aromatic heterocycles. The van der Waals surface area contributed by atoms with Crippen LogP contribution in [-0.4, -0.2) is 31.3 Å². The van der Waals surface area contributed by atoms with Gasteiger partial charge in [0.15, 0.2) is 0 Å². The molecule has 0 heterocycles. The minimum Gasteiger partial charge on any atom is -0.495 e. The first kappa shape index (κ1) is 29.5. The Labute approximate surface area is 228 Å². The second-order valence-electron chi connectivity index (χ2n) is 9.55. The summed E-state index contributed by atoms with van der Waals surface area (Å²) < 4.78 is 97.9. The lowest BCUT2D eigenvalue weighted by atomic mass is 9.82. The van der Waals surface area contributed by atoms with E-state index in [0.717, 1.165) is 6.07 Å². The van der Waals surface area contributed by atoms with Crippen LogP contribution in [0.2, 0.25) is 5.02 Å². The fourth-order valence-corrected chi connectivity index (χ4v) is 5.75. The number of alkyl halides is 6. The van der Waals surface area contributed by atoms with E-state index < -0.39 is 65.9 Å². The Morgan fingerprint density at radius 1 is 1.02 bits per heavy atom. The number of methoxy groups -OCH3 is 1. The standard InChI is InChI=1S/C26H23ClF7N3O3/c1-40-21-7-2-12(27)8-20(21)36-24(39)37-23-15-5-4-14(17(15)11-25(29,30)31)16(23)10-22(38)35-13-3-6-19(28)18(9-13)26(32,33)34/h2-3,6-9,11,14-16,23H,4-5,10H2,1H3,(H,35,38)(H2,36,37,39)/b17-11-/t14-,15-,16+,23+/m1/s1. The molecule has 40 heavy (non-hydrogen) atoms. The minimum absolute atomic E-state index is 0.0528. The molecule has 0 aliphatic heterocycles. The fourth-order valence-electron chi connectivity index (χ4n) is 5.58. The second kappa shape index (κ2) is 11.2. The highest BCUT2D eigenvalue weighted by Crippen LogP contribution is 2.54. The highest BCUT2D eigenvalue weighted by atomic mass is 35.5. The average Bonchev–Trinajstić information content (AvgIpc) is 3.33. The number of allylic oxidation sites excluding steroid dienone is 1. The van der Waals surface area contributed by atoms with Gasteiger partial charge in [0.2, 0.25) is 5.91 Å². The number of carbonyl (C=O) groups is 2. The van der Waals surface area contributed by atoms with Crippen molar-refractivity contribution in [2.45, 2.75) is 37.7 Å². The smallest absolute Gasteiger partial charge is 0.419 e. The van der Waals surface area contributed by atoms with Crippen LogP contribution < -0.4 is 20.7 Å². The van der Waals surface area contributed by atoms with Gasteiger partial charge < -0.3 is 20.7 Å². The lowest BCUT2D eigenvalue weighted by molar-refractivity contribution is -0.140. The van der Waals surface area contributed by atoms with Gasteiger partial charge in [-0.2, -0.15) is 26.3 Å². The van der Waals surface area contributed by atoms with Crippen LogP contribution in [0.1, 0.15) is 24.8 Å². The predicted molar refractivity (Wildman–Crippen MR) is 132 cm³/mol. The number of hydrogen-bond acceptors (Lipinski definition) is 3. The third-order valence-corrected chi connectivity index (χ3v) is 7.31. The molecule has 3 N–H and O–H groups in total. The van der Waals surface area contributed by atoms with E-state index >= 15 is 0 Å². The quantitative estimate of drug-likeness (QED) is 0.245. The molecule has 0 radical (unpaired) electrons. The monoisotopic (exact) mass is 593 g/mol.